The van der Waals surface area contributed by atoms with Crippen molar-refractivity contribution in [3.05, 3.63) is 70.5 Å². The molecule has 0 aliphatic heterocycles. The van der Waals surface area contributed by atoms with E-state index in [0.29, 0.717) is 29.9 Å². The Kier molecular flexibility index (Phi) is 7.55. The van der Waals surface area contributed by atoms with Gasteiger partial charge in [0.2, 0.25) is 0 Å². The summed E-state index contributed by atoms with van der Waals surface area (Å²) < 4.78 is 7.03. The van der Waals surface area contributed by atoms with Crippen LogP contribution < -0.4 is 5.32 Å². The number of carbonyl (C=O) groups excluding carboxylic acids is 1. The largest absolute Gasteiger partial charge is 0.465 e. The minimum absolute atomic E-state index is 0.196. The number of benzene rings is 2. The number of ether oxygens (including phenoxy) is 1. The van der Waals surface area contributed by atoms with Gasteiger partial charge < -0.3 is 14.6 Å². The average molecular weight is 431 g/mol. The van der Waals surface area contributed by atoms with Crippen molar-refractivity contribution in [2.24, 2.45) is 0 Å². The van der Waals surface area contributed by atoms with Crippen LogP contribution in [0, 0.1) is 6.92 Å². The minimum Gasteiger partial charge on any atom is -0.465 e. The number of carbonyl (C=O) groups is 1. The highest BCUT2D eigenvalue weighted by Crippen LogP contribution is 2.22. The maximum Gasteiger partial charge on any atom is 0.316 e. The Hall–Kier alpha value is -2.51. The molecule has 0 saturated carbocycles. The lowest BCUT2D eigenvalue weighted by Gasteiger charge is -2.12. The number of esters is 1. The van der Waals surface area contributed by atoms with Gasteiger partial charge in [0.15, 0.2) is 11.0 Å². The van der Waals surface area contributed by atoms with Gasteiger partial charge in [0.1, 0.15) is 0 Å². The number of hydrogen-bond donors (Lipinski definition) is 1. The van der Waals surface area contributed by atoms with Gasteiger partial charge in [0.05, 0.1) is 25.4 Å². The fraction of sp³-hybridized carbons (Fsp3) is 0.286. The average Bonchev–Trinajstić information content (AvgIpc) is 3.10. The third-order valence-electron chi connectivity index (χ3n) is 4.22. The van der Waals surface area contributed by atoms with Crippen molar-refractivity contribution < 1.29 is 9.53 Å². The van der Waals surface area contributed by atoms with Crippen molar-refractivity contribution >= 4 is 35.0 Å². The second-order valence-corrected chi connectivity index (χ2v) is 7.73. The summed E-state index contributed by atoms with van der Waals surface area (Å²) in [5.74, 6) is 0.708. The minimum atomic E-state index is -0.263. The fourth-order valence-corrected chi connectivity index (χ4v) is 3.63. The van der Waals surface area contributed by atoms with Crippen LogP contribution in [-0.2, 0) is 22.6 Å². The number of nitrogens with one attached hydrogen (secondary N) is 1. The molecule has 0 spiro atoms. The molecule has 2 aromatic carbocycles. The van der Waals surface area contributed by atoms with Crippen molar-refractivity contribution in [1.82, 2.24) is 14.8 Å². The molecule has 3 rings (SSSR count). The smallest absolute Gasteiger partial charge is 0.316 e. The van der Waals surface area contributed by atoms with Crippen LogP contribution in [0.1, 0.15) is 23.9 Å². The first kappa shape index (κ1) is 21.2. The quantitative estimate of drug-likeness (QED) is 0.396. The van der Waals surface area contributed by atoms with Gasteiger partial charge in [0, 0.05) is 10.7 Å². The molecule has 1 N–H and O–H groups in total. The van der Waals surface area contributed by atoms with Crippen molar-refractivity contribution in [2.75, 3.05) is 17.7 Å². The van der Waals surface area contributed by atoms with E-state index < -0.39 is 0 Å². The summed E-state index contributed by atoms with van der Waals surface area (Å²) in [5.41, 5.74) is 3.07. The van der Waals surface area contributed by atoms with Crippen LogP contribution in [0.15, 0.2) is 53.7 Å². The van der Waals surface area contributed by atoms with Crippen LogP contribution >= 0.6 is 23.4 Å². The molecular weight excluding hydrogens is 408 g/mol. The Bertz CT molecular complexity index is 963. The summed E-state index contributed by atoms with van der Waals surface area (Å²) in [5, 5.41) is 13.4. The Morgan fingerprint density at radius 2 is 2.00 bits per heavy atom. The zero-order chi connectivity index (χ0) is 20.6. The van der Waals surface area contributed by atoms with E-state index in [2.05, 4.69) is 27.6 Å². The third-order valence-corrected chi connectivity index (χ3v) is 5.57. The molecule has 0 saturated heterocycles. The topological polar surface area (TPSA) is 69.0 Å². The highest BCUT2D eigenvalue weighted by molar-refractivity contribution is 7.99. The highest BCUT2D eigenvalue weighted by atomic mass is 35.5. The van der Waals surface area contributed by atoms with Gasteiger partial charge in [-0.3, -0.25) is 4.79 Å². The van der Waals surface area contributed by atoms with Gasteiger partial charge in [-0.15, -0.1) is 10.2 Å². The SMILES string of the molecule is CCOC(=O)CSc1nnc(CNc2ccc(C)c(Cl)c2)n1Cc1ccccc1. The molecule has 0 aliphatic carbocycles. The molecule has 8 heteroatoms. The maximum atomic E-state index is 11.7. The summed E-state index contributed by atoms with van der Waals surface area (Å²) in [6, 6.07) is 15.9. The lowest BCUT2D eigenvalue weighted by atomic mass is 10.2. The first-order valence-electron chi connectivity index (χ1n) is 9.31. The van der Waals surface area contributed by atoms with Crippen molar-refractivity contribution in [3.8, 4) is 0 Å². The van der Waals surface area contributed by atoms with E-state index >= 15 is 0 Å². The molecule has 152 valence electrons. The third kappa shape index (κ3) is 5.98. The van der Waals surface area contributed by atoms with E-state index in [1.807, 2.05) is 47.9 Å². The van der Waals surface area contributed by atoms with E-state index in [0.717, 1.165) is 22.6 Å². The molecule has 0 atom stereocenters. The second-order valence-electron chi connectivity index (χ2n) is 6.38. The summed E-state index contributed by atoms with van der Waals surface area (Å²) in [7, 11) is 0. The molecule has 3 aromatic rings. The Labute approximate surface area is 179 Å². The van der Waals surface area contributed by atoms with Crippen LogP contribution in [0.4, 0.5) is 5.69 Å². The molecule has 0 unspecified atom stereocenters. The van der Waals surface area contributed by atoms with Crippen molar-refractivity contribution in [2.45, 2.75) is 32.1 Å². The van der Waals surface area contributed by atoms with Gasteiger partial charge in [-0.2, -0.15) is 0 Å². The van der Waals surface area contributed by atoms with Crippen LogP contribution in [0.5, 0.6) is 0 Å². The van der Waals surface area contributed by atoms with Gasteiger partial charge >= 0.3 is 5.97 Å². The molecule has 0 radical (unpaired) electrons. The van der Waals surface area contributed by atoms with E-state index in [-0.39, 0.29) is 11.7 Å². The Morgan fingerprint density at radius 3 is 2.72 bits per heavy atom. The van der Waals surface area contributed by atoms with Crippen molar-refractivity contribution in [3.63, 3.8) is 0 Å². The maximum absolute atomic E-state index is 11.7. The molecule has 0 bridgehead atoms. The van der Waals surface area contributed by atoms with Gasteiger partial charge in [-0.25, -0.2) is 0 Å². The molecule has 1 aromatic heterocycles. The number of thioether (sulfide) groups is 1. The highest BCUT2D eigenvalue weighted by Gasteiger charge is 2.15. The van der Waals surface area contributed by atoms with Crippen LogP contribution in [0.2, 0.25) is 5.02 Å². The standard InChI is InChI=1S/C21H23ClN4O2S/c1-3-28-20(27)14-29-21-25-24-19(26(21)13-16-7-5-4-6-8-16)12-23-17-10-9-15(2)18(22)11-17/h4-11,23H,3,12-14H2,1-2H3. The second kappa shape index (κ2) is 10.3. The molecule has 0 fully saturated rings. The molecule has 1 heterocycles. The number of aryl methyl sites for hydroxylation is 1. The lowest BCUT2D eigenvalue weighted by Crippen LogP contribution is -2.12. The summed E-state index contributed by atoms with van der Waals surface area (Å²) in [6.07, 6.45) is 0. The Morgan fingerprint density at radius 1 is 1.21 bits per heavy atom. The molecule has 6 nitrogen and oxygen atoms in total. The fourth-order valence-electron chi connectivity index (χ4n) is 2.69. The summed E-state index contributed by atoms with van der Waals surface area (Å²) in [4.78, 5) is 11.7. The zero-order valence-electron chi connectivity index (χ0n) is 16.4. The van der Waals surface area contributed by atoms with Gasteiger partial charge in [-0.05, 0) is 37.1 Å². The number of aromatic nitrogens is 3. The predicted molar refractivity (Wildman–Crippen MR) is 116 cm³/mol. The lowest BCUT2D eigenvalue weighted by molar-refractivity contribution is -0.139. The zero-order valence-corrected chi connectivity index (χ0v) is 18.0. The van der Waals surface area contributed by atoms with E-state index in [4.69, 9.17) is 16.3 Å². The first-order valence-corrected chi connectivity index (χ1v) is 10.7. The van der Waals surface area contributed by atoms with Crippen LogP contribution in [-0.4, -0.2) is 33.1 Å². The number of hydrogen-bond acceptors (Lipinski definition) is 6. The van der Waals surface area contributed by atoms with Crippen molar-refractivity contribution in [1.29, 1.82) is 0 Å². The van der Waals surface area contributed by atoms with Crippen LogP contribution in [0.3, 0.4) is 0 Å². The first-order chi connectivity index (χ1) is 14.1. The Balaban J connectivity index is 1.77. The molecule has 0 aliphatic rings. The number of anilines is 1. The number of halogens is 1. The normalized spacial score (nSPS) is 10.7. The van der Waals surface area contributed by atoms with E-state index in [1.54, 1.807) is 6.92 Å². The van der Waals surface area contributed by atoms with Gasteiger partial charge in [-0.1, -0.05) is 59.8 Å². The van der Waals surface area contributed by atoms with Gasteiger partial charge in [0.25, 0.3) is 0 Å². The number of nitrogens with zero attached hydrogens (tertiary/aromatic N) is 3. The predicted octanol–water partition coefficient (Wildman–Crippen LogP) is 4.56. The number of rotatable bonds is 9. The monoisotopic (exact) mass is 430 g/mol. The van der Waals surface area contributed by atoms with Crippen LogP contribution in [0.25, 0.3) is 0 Å². The summed E-state index contributed by atoms with van der Waals surface area (Å²) >= 11 is 7.54. The molecule has 29 heavy (non-hydrogen) atoms. The molecular formula is C21H23ClN4O2S. The summed E-state index contributed by atoms with van der Waals surface area (Å²) in [6.45, 7) is 5.23. The van der Waals surface area contributed by atoms with E-state index in [9.17, 15) is 4.79 Å². The molecule has 0 amide bonds. The van der Waals surface area contributed by atoms with E-state index in [1.165, 1.54) is 11.8 Å².